The molecule has 1 amide bonds. The van der Waals surface area contributed by atoms with E-state index in [-0.39, 0.29) is 11.9 Å². The van der Waals surface area contributed by atoms with Gasteiger partial charge in [0.05, 0.1) is 12.6 Å². The second kappa shape index (κ2) is 7.18. The molecule has 1 saturated carbocycles. The Morgan fingerprint density at radius 1 is 1.57 bits per heavy atom. The van der Waals surface area contributed by atoms with Crippen molar-refractivity contribution in [2.45, 2.75) is 51.6 Å². The third-order valence-corrected chi connectivity index (χ3v) is 4.97. The number of thiazole rings is 1. The standard InChI is InChI=1S/C15H21N5O2S/c1-3-20(10(2)13(21)18-15-16-7-8-23-15)9-12-17-14(22-19-12)11-5-4-6-11/h7-8,10-11H,3-6,9H2,1-2H3,(H,16,18,21)/t10-/m1/s1. The van der Waals surface area contributed by atoms with Gasteiger partial charge in [0.25, 0.3) is 0 Å². The van der Waals surface area contributed by atoms with Crippen LogP contribution in [0.25, 0.3) is 0 Å². The van der Waals surface area contributed by atoms with Crippen LogP contribution in [0.1, 0.15) is 50.7 Å². The smallest absolute Gasteiger partial charge is 0.243 e. The van der Waals surface area contributed by atoms with Crippen LogP contribution in [0.3, 0.4) is 0 Å². The number of nitrogens with zero attached hydrogens (tertiary/aromatic N) is 4. The van der Waals surface area contributed by atoms with Gasteiger partial charge in [-0.15, -0.1) is 11.3 Å². The molecule has 0 aromatic carbocycles. The van der Waals surface area contributed by atoms with Gasteiger partial charge < -0.3 is 9.84 Å². The normalized spacial score (nSPS) is 16.3. The van der Waals surface area contributed by atoms with Crippen LogP contribution >= 0.6 is 11.3 Å². The molecule has 0 radical (unpaired) electrons. The second-order valence-corrected chi connectivity index (χ2v) is 6.64. The molecule has 0 spiro atoms. The van der Waals surface area contributed by atoms with E-state index in [1.165, 1.54) is 17.8 Å². The van der Waals surface area contributed by atoms with Crippen molar-refractivity contribution in [3.05, 3.63) is 23.3 Å². The van der Waals surface area contributed by atoms with Crippen molar-refractivity contribution in [2.24, 2.45) is 0 Å². The molecule has 0 bridgehead atoms. The first-order chi connectivity index (χ1) is 11.2. The van der Waals surface area contributed by atoms with Gasteiger partial charge in [0.1, 0.15) is 0 Å². The summed E-state index contributed by atoms with van der Waals surface area (Å²) < 4.78 is 5.34. The van der Waals surface area contributed by atoms with E-state index < -0.39 is 0 Å². The fraction of sp³-hybridized carbons (Fsp3) is 0.600. The number of carbonyl (C=O) groups excluding carboxylic acids is 1. The highest BCUT2D eigenvalue weighted by Gasteiger charge is 2.27. The van der Waals surface area contributed by atoms with Crippen molar-refractivity contribution in [2.75, 3.05) is 11.9 Å². The fourth-order valence-corrected chi connectivity index (χ4v) is 3.05. The minimum Gasteiger partial charge on any atom is -0.339 e. The summed E-state index contributed by atoms with van der Waals surface area (Å²) in [5, 5.41) is 9.33. The molecule has 1 atom stereocenters. The Kier molecular flexibility index (Phi) is 5.02. The van der Waals surface area contributed by atoms with Crippen molar-refractivity contribution in [3.8, 4) is 0 Å². The maximum absolute atomic E-state index is 12.3. The van der Waals surface area contributed by atoms with Crippen LogP contribution in [0.4, 0.5) is 5.13 Å². The second-order valence-electron chi connectivity index (χ2n) is 5.74. The van der Waals surface area contributed by atoms with E-state index in [2.05, 4.69) is 20.4 Å². The fourth-order valence-electron chi connectivity index (χ4n) is 2.52. The SMILES string of the molecule is CCN(Cc1noc(C2CCC2)n1)[C@H](C)C(=O)Nc1nccs1. The topological polar surface area (TPSA) is 84.2 Å². The maximum Gasteiger partial charge on any atom is 0.243 e. The van der Waals surface area contributed by atoms with Gasteiger partial charge in [0, 0.05) is 17.5 Å². The number of amides is 1. The van der Waals surface area contributed by atoms with Crippen molar-refractivity contribution >= 4 is 22.4 Å². The molecule has 1 fully saturated rings. The van der Waals surface area contributed by atoms with Gasteiger partial charge in [-0.25, -0.2) is 4.98 Å². The lowest BCUT2D eigenvalue weighted by molar-refractivity contribution is -0.120. The molecule has 8 heteroatoms. The van der Waals surface area contributed by atoms with E-state index in [9.17, 15) is 4.79 Å². The summed E-state index contributed by atoms with van der Waals surface area (Å²) in [7, 11) is 0. The Bertz CT molecular complexity index is 638. The summed E-state index contributed by atoms with van der Waals surface area (Å²) in [5.41, 5.74) is 0. The molecule has 0 saturated heterocycles. The van der Waals surface area contributed by atoms with Crippen LogP contribution in [0, 0.1) is 0 Å². The Balaban J connectivity index is 1.59. The number of anilines is 1. The Hall–Kier alpha value is -1.80. The summed E-state index contributed by atoms with van der Waals surface area (Å²) in [5.74, 6) is 1.73. The number of rotatable bonds is 7. The first-order valence-electron chi connectivity index (χ1n) is 7.94. The Labute approximate surface area is 139 Å². The molecule has 7 nitrogen and oxygen atoms in total. The number of nitrogens with one attached hydrogen (secondary N) is 1. The van der Waals surface area contributed by atoms with Gasteiger partial charge in [-0.2, -0.15) is 4.98 Å². The predicted octanol–water partition coefficient (Wildman–Crippen LogP) is 2.64. The van der Waals surface area contributed by atoms with E-state index in [1.54, 1.807) is 6.20 Å². The lowest BCUT2D eigenvalue weighted by Gasteiger charge is -2.25. The lowest BCUT2D eigenvalue weighted by atomic mass is 9.85. The molecule has 124 valence electrons. The number of hydrogen-bond donors (Lipinski definition) is 1. The molecule has 2 aromatic heterocycles. The Morgan fingerprint density at radius 2 is 2.39 bits per heavy atom. The highest BCUT2D eigenvalue weighted by molar-refractivity contribution is 7.13. The maximum atomic E-state index is 12.3. The van der Waals surface area contributed by atoms with Gasteiger partial charge in [-0.3, -0.25) is 9.69 Å². The van der Waals surface area contributed by atoms with Crippen LogP contribution in [0.5, 0.6) is 0 Å². The third kappa shape index (κ3) is 3.76. The molecule has 1 N–H and O–H groups in total. The zero-order valence-corrected chi connectivity index (χ0v) is 14.2. The molecule has 0 aliphatic heterocycles. The van der Waals surface area contributed by atoms with Gasteiger partial charge in [-0.05, 0) is 26.3 Å². The van der Waals surface area contributed by atoms with Crippen LogP contribution in [0.2, 0.25) is 0 Å². The van der Waals surface area contributed by atoms with E-state index in [1.807, 2.05) is 24.1 Å². The largest absolute Gasteiger partial charge is 0.339 e. The highest BCUT2D eigenvalue weighted by Crippen LogP contribution is 2.35. The van der Waals surface area contributed by atoms with Crippen LogP contribution in [-0.2, 0) is 11.3 Å². The molecule has 0 unspecified atom stereocenters. The Morgan fingerprint density at radius 3 is 3.00 bits per heavy atom. The number of aromatic nitrogens is 3. The quantitative estimate of drug-likeness (QED) is 0.837. The lowest BCUT2D eigenvalue weighted by Crippen LogP contribution is -2.41. The average Bonchev–Trinajstić information content (AvgIpc) is 3.14. The molecule has 1 aliphatic rings. The van der Waals surface area contributed by atoms with Crippen molar-refractivity contribution in [1.82, 2.24) is 20.0 Å². The molecule has 1 aliphatic carbocycles. The molecule has 23 heavy (non-hydrogen) atoms. The zero-order valence-electron chi connectivity index (χ0n) is 13.4. The highest BCUT2D eigenvalue weighted by atomic mass is 32.1. The van der Waals surface area contributed by atoms with Gasteiger partial charge in [0.15, 0.2) is 11.0 Å². The molecular weight excluding hydrogens is 314 g/mol. The summed E-state index contributed by atoms with van der Waals surface area (Å²) in [4.78, 5) is 22.9. The first-order valence-corrected chi connectivity index (χ1v) is 8.82. The minimum atomic E-state index is -0.297. The first kappa shape index (κ1) is 16.1. The molecule has 2 heterocycles. The zero-order chi connectivity index (χ0) is 16.2. The van der Waals surface area contributed by atoms with Crippen LogP contribution in [0.15, 0.2) is 16.1 Å². The van der Waals surface area contributed by atoms with Crippen LogP contribution in [-0.4, -0.2) is 38.5 Å². The minimum absolute atomic E-state index is 0.0792. The van der Waals surface area contributed by atoms with E-state index in [4.69, 9.17) is 4.52 Å². The van der Waals surface area contributed by atoms with Crippen molar-refractivity contribution < 1.29 is 9.32 Å². The van der Waals surface area contributed by atoms with Gasteiger partial charge in [-0.1, -0.05) is 18.5 Å². The van der Waals surface area contributed by atoms with Crippen molar-refractivity contribution in [3.63, 3.8) is 0 Å². The molecule has 3 rings (SSSR count). The molecular formula is C15H21N5O2S. The van der Waals surface area contributed by atoms with Crippen LogP contribution < -0.4 is 5.32 Å². The van der Waals surface area contributed by atoms with E-state index in [0.717, 1.165) is 25.3 Å². The van der Waals surface area contributed by atoms with Crippen molar-refractivity contribution in [1.29, 1.82) is 0 Å². The summed E-state index contributed by atoms with van der Waals surface area (Å²) in [6, 6.07) is -0.297. The van der Waals surface area contributed by atoms with Gasteiger partial charge >= 0.3 is 0 Å². The monoisotopic (exact) mass is 335 g/mol. The number of likely N-dealkylation sites (N-methyl/N-ethyl adjacent to an activating group) is 1. The summed E-state index contributed by atoms with van der Waals surface area (Å²) in [6.45, 7) is 5.11. The number of carbonyl (C=O) groups is 1. The summed E-state index contributed by atoms with van der Waals surface area (Å²) >= 11 is 1.41. The third-order valence-electron chi connectivity index (χ3n) is 4.28. The number of hydrogen-bond acceptors (Lipinski definition) is 7. The predicted molar refractivity (Wildman–Crippen MR) is 87.2 cm³/mol. The average molecular weight is 335 g/mol. The molecule has 2 aromatic rings. The van der Waals surface area contributed by atoms with E-state index >= 15 is 0 Å². The van der Waals surface area contributed by atoms with Gasteiger partial charge in [0.2, 0.25) is 11.8 Å². The van der Waals surface area contributed by atoms with E-state index in [0.29, 0.717) is 23.4 Å². The summed E-state index contributed by atoms with van der Waals surface area (Å²) in [6.07, 6.45) is 5.17.